The van der Waals surface area contributed by atoms with E-state index in [1.54, 1.807) is 31.4 Å². The van der Waals surface area contributed by atoms with Crippen molar-refractivity contribution in [2.45, 2.75) is 32.2 Å². The van der Waals surface area contributed by atoms with Crippen LogP contribution in [0.1, 0.15) is 36.7 Å². The van der Waals surface area contributed by atoms with Gasteiger partial charge in [0.2, 0.25) is 0 Å². The number of fused-ring (bicyclic) bond motifs is 1. The monoisotopic (exact) mass is 332 g/mol. The highest BCUT2D eigenvalue weighted by molar-refractivity contribution is 7.90. The number of sulfone groups is 1. The van der Waals surface area contributed by atoms with Crippen molar-refractivity contribution in [3.8, 4) is 0 Å². The van der Waals surface area contributed by atoms with E-state index in [0.29, 0.717) is 22.4 Å². The van der Waals surface area contributed by atoms with Gasteiger partial charge >= 0.3 is 0 Å². The van der Waals surface area contributed by atoms with Crippen molar-refractivity contribution in [1.29, 1.82) is 0 Å². The van der Waals surface area contributed by atoms with Gasteiger partial charge in [-0.05, 0) is 32.4 Å². The Morgan fingerprint density at radius 2 is 2.00 bits per heavy atom. The van der Waals surface area contributed by atoms with Crippen molar-refractivity contribution in [2.24, 2.45) is 0 Å². The van der Waals surface area contributed by atoms with E-state index in [1.807, 2.05) is 0 Å². The van der Waals surface area contributed by atoms with Crippen molar-refractivity contribution < 1.29 is 12.8 Å². The summed E-state index contributed by atoms with van der Waals surface area (Å²) in [5, 5.41) is -0.400. The molecule has 0 aliphatic carbocycles. The molecule has 0 amide bonds. The molecule has 0 fully saturated rings. The third-order valence-corrected chi connectivity index (χ3v) is 4.62. The number of aromatic nitrogens is 2. The van der Waals surface area contributed by atoms with Gasteiger partial charge in [0.15, 0.2) is 0 Å². The number of hydrogen-bond acceptors (Lipinski definition) is 3. The topological polar surface area (TPSA) is 52.0 Å². The van der Waals surface area contributed by atoms with Crippen LogP contribution in [-0.4, -0.2) is 30.0 Å². The van der Waals surface area contributed by atoms with E-state index in [0.717, 1.165) is 0 Å². The number of nitrogens with zero attached hydrogens (tertiary/aromatic N) is 2. The first-order chi connectivity index (χ1) is 9.60. The zero-order valence-electron chi connectivity index (χ0n) is 12.4. The van der Waals surface area contributed by atoms with Gasteiger partial charge in [-0.3, -0.25) is 0 Å². The molecule has 2 atom stereocenters. The third-order valence-electron chi connectivity index (χ3n) is 3.34. The summed E-state index contributed by atoms with van der Waals surface area (Å²) in [5.74, 6) is 0.190. The number of imidazole rings is 1. The second kappa shape index (κ2) is 5.57. The molecule has 0 N–H and O–H groups in total. The van der Waals surface area contributed by atoms with E-state index < -0.39 is 15.2 Å². The van der Waals surface area contributed by atoms with Crippen LogP contribution in [0.5, 0.6) is 0 Å². The number of halogens is 2. The first kappa shape index (κ1) is 16.2. The average molecular weight is 333 g/mol. The number of hydrogen-bond donors (Lipinski definition) is 0. The summed E-state index contributed by atoms with van der Waals surface area (Å²) in [6, 6.07) is 2.71. The van der Waals surface area contributed by atoms with Gasteiger partial charge in [0, 0.05) is 18.4 Å². The Morgan fingerprint density at radius 3 is 2.52 bits per heavy atom. The highest BCUT2D eigenvalue weighted by Crippen LogP contribution is 2.30. The van der Waals surface area contributed by atoms with E-state index in [9.17, 15) is 12.8 Å². The average Bonchev–Trinajstić information content (AvgIpc) is 2.66. The minimum Gasteiger partial charge on any atom is -0.323 e. The number of aryl methyl sites for hydroxylation is 1. The first-order valence-corrected chi connectivity index (χ1v) is 9.09. The van der Waals surface area contributed by atoms with Crippen molar-refractivity contribution >= 4 is 32.5 Å². The lowest BCUT2D eigenvalue weighted by atomic mass is 10.2. The Hall–Kier alpha value is -1.14. The van der Waals surface area contributed by atoms with Crippen molar-refractivity contribution in [3.05, 3.63) is 29.3 Å². The fourth-order valence-electron chi connectivity index (χ4n) is 2.50. The smallest absolute Gasteiger partial charge is 0.149 e. The molecule has 2 aromatic rings. The standard InChI is InChI=1S/C14H18ClFN2O2S/c1-8-5-13-12(6-11(8)16)17-14(10(3)15)18(13)9(2)7-21(4,19)20/h5-6,9-10H,7H2,1-4H3. The maximum atomic E-state index is 13.7. The molecule has 21 heavy (non-hydrogen) atoms. The molecule has 0 saturated heterocycles. The Labute approximate surface area is 128 Å². The van der Waals surface area contributed by atoms with Crippen LogP contribution in [0.3, 0.4) is 0 Å². The second-order valence-electron chi connectivity index (χ2n) is 5.49. The Bertz CT molecular complexity index is 784. The molecule has 0 aliphatic heterocycles. The Kier molecular flexibility index (Phi) is 4.31. The van der Waals surface area contributed by atoms with Gasteiger partial charge in [0.05, 0.1) is 22.2 Å². The molecule has 0 radical (unpaired) electrons. The summed E-state index contributed by atoms with van der Waals surface area (Å²) in [6.45, 7) is 5.22. The maximum Gasteiger partial charge on any atom is 0.149 e. The summed E-state index contributed by atoms with van der Waals surface area (Å²) < 4.78 is 38.6. The largest absolute Gasteiger partial charge is 0.323 e. The fraction of sp³-hybridized carbons (Fsp3) is 0.500. The van der Waals surface area contributed by atoms with Gasteiger partial charge in [0.25, 0.3) is 0 Å². The van der Waals surface area contributed by atoms with Crippen LogP contribution in [0.15, 0.2) is 12.1 Å². The second-order valence-corrected chi connectivity index (χ2v) is 8.33. The minimum atomic E-state index is -3.14. The van der Waals surface area contributed by atoms with Gasteiger partial charge in [-0.25, -0.2) is 17.8 Å². The van der Waals surface area contributed by atoms with Crippen LogP contribution in [0.4, 0.5) is 4.39 Å². The summed E-state index contributed by atoms with van der Waals surface area (Å²) in [7, 11) is -3.14. The number of rotatable bonds is 4. The molecule has 2 rings (SSSR count). The van der Waals surface area contributed by atoms with E-state index in [2.05, 4.69) is 4.98 Å². The predicted octanol–water partition coefficient (Wildman–Crippen LogP) is 3.39. The van der Waals surface area contributed by atoms with Gasteiger partial charge < -0.3 is 4.57 Å². The molecule has 1 aromatic heterocycles. The van der Waals surface area contributed by atoms with Crippen LogP contribution >= 0.6 is 11.6 Å². The molecule has 0 spiro atoms. The van der Waals surface area contributed by atoms with Gasteiger partial charge in [0.1, 0.15) is 21.5 Å². The lowest BCUT2D eigenvalue weighted by Crippen LogP contribution is -2.18. The molecule has 0 saturated carbocycles. The van der Waals surface area contributed by atoms with E-state index in [4.69, 9.17) is 11.6 Å². The normalized spacial score (nSPS) is 15.3. The van der Waals surface area contributed by atoms with Crippen molar-refractivity contribution in [2.75, 3.05) is 12.0 Å². The van der Waals surface area contributed by atoms with E-state index in [-0.39, 0.29) is 17.6 Å². The SMILES string of the molecule is Cc1cc2c(cc1F)nc(C(C)Cl)n2C(C)CS(C)(=O)=O. The van der Waals surface area contributed by atoms with Crippen LogP contribution in [-0.2, 0) is 9.84 Å². The molecule has 0 bridgehead atoms. The fourth-order valence-corrected chi connectivity index (χ4v) is 3.67. The molecule has 116 valence electrons. The van der Waals surface area contributed by atoms with Crippen molar-refractivity contribution in [3.63, 3.8) is 0 Å². The zero-order chi connectivity index (χ0) is 15.9. The van der Waals surface area contributed by atoms with E-state index >= 15 is 0 Å². The molecule has 4 nitrogen and oxygen atoms in total. The summed E-state index contributed by atoms with van der Waals surface area (Å²) in [6.07, 6.45) is 1.19. The lowest BCUT2D eigenvalue weighted by Gasteiger charge is -2.18. The summed E-state index contributed by atoms with van der Waals surface area (Å²) in [4.78, 5) is 4.36. The first-order valence-electron chi connectivity index (χ1n) is 6.60. The molecule has 0 aliphatic rings. The number of benzene rings is 1. The van der Waals surface area contributed by atoms with Gasteiger partial charge in [-0.1, -0.05) is 0 Å². The number of alkyl halides is 1. The summed E-state index contributed by atoms with van der Waals surface area (Å²) >= 11 is 6.15. The molecular formula is C14H18ClFN2O2S. The Balaban J connectivity index is 2.69. The third kappa shape index (κ3) is 3.37. The van der Waals surface area contributed by atoms with Crippen LogP contribution < -0.4 is 0 Å². The van der Waals surface area contributed by atoms with Crippen molar-refractivity contribution in [1.82, 2.24) is 9.55 Å². The lowest BCUT2D eigenvalue weighted by molar-refractivity contribution is 0.555. The molecule has 2 unspecified atom stereocenters. The van der Waals surface area contributed by atoms with Crippen LogP contribution in [0.25, 0.3) is 11.0 Å². The zero-order valence-corrected chi connectivity index (χ0v) is 14.0. The molecule has 7 heteroatoms. The molecule has 1 heterocycles. The van der Waals surface area contributed by atoms with Crippen LogP contribution in [0.2, 0.25) is 0 Å². The highest BCUT2D eigenvalue weighted by Gasteiger charge is 2.22. The predicted molar refractivity (Wildman–Crippen MR) is 83.1 cm³/mol. The van der Waals surface area contributed by atoms with Crippen LogP contribution in [0, 0.1) is 12.7 Å². The van der Waals surface area contributed by atoms with Gasteiger partial charge in [-0.15, -0.1) is 11.6 Å². The minimum absolute atomic E-state index is 0.0223. The Morgan fingerprint density at radius 1 is 1.38 bits per heavy atom. The quantitative estimate of drug-likeness (QED) is 0.806. The molecule has 1 aromatic carbocycles. The summed E-state index contributed by atoms with van der Waals surface area (Å²) in [5.41, 5.74) is 1.68. The van der Waals surface area contributed by atoms with Gasteiger partial charge in [-0.2, -0.15) is 0 Å². The van der Waals surface area contributed by atoms with E-state index in [1.165, 1.54) is 12.3 Å². The molecular weight excluding hydrogens is 315 g/mol. The highest BCUT2D eigenvalue weighted by atomic mass is 35.5. The maximum absolute atomic E-state index is 13.7.